The number of likely N-dealkylation sites (tertiary alicyclic amines) is 1. The van der Waals surface area contributed by atoms with E-state index in [0.29, 0.717) is 22.7 Å². The number of primary amides is 1. The molecule has 1 aliphatic heterocycles. The van der Waals surface area contributed by atoms with Crippen LogP contribution in [-0.4, -0.2) is 59.8 Å². The van der Waals surface area contributed by atoms with Crippen molar-refractivity contribution < 1.29 is 9.59 Å². The molecule has 5 rings (SSSR count). The fourth-order valence-corrected chi connectivity index (χ4v) is 5.18. The van der Waals surface area contributed by atoms with E-state index < -0.39 is 5.91 Å². The molecule has 6 heteroatoms. The Morgan fingerprint density at radius 3 is 2.31 bits per heavy atom. The van der Waals surface area contributed by atoms with Gasteiger partial charge in [-0.1, -0.05) is 18.2 Å². The van der Waals surface area contributed by atoms with Gasteiger partial charge in [0.1, 0.15) is 0 Å². The highest BCUT2D eigenvalue weighted by Gasteiger charge is 2.25. The summed E-state index contributed by atoms with van der Waals surface area (Å²) in [6.07, 6.45) is 1.96. The van der Waals surface area contributed by atoms with Crippen molar-refractivity contribution in [2.45, 2.75) is 32.7 Å². The van der Waals surface area contributed by atoms with E-state index in [0.717, 1.165) is 53.3 Å². The molecule has 0 aliphatic carbocycles. The second-order valence-corrected chi connectivity index (χ2v) is 9.98. The van der Waals surface area contributed by atoms with Crippen molar-refractivity contribution in [3.8, 4) is 11.1 Å². The van der Waals surface area contributed by atoms with Gasteiger partial charge in [-0.05, 0) is 93.4 Å². The Kier molecular flexibility index (Phi) is 5.85. The van der Waals surface area contributed by atoms with Crippen LogP contribution in [0.15, 0.2) is 48.5 Å². The summed E-state index contributed by atoms with van der Waals surface area (Å²) in [6.45, 7) is 5.68. The zero-order chi connectivity index (χ0) is 24.9. The molecule has 6 nitrogen and oxygen atoms in total. The maximum atomic E-state index is 13.3. The number of H-pyrrole nitrogens is 1. The molecule has 35 heavy (non-hydrogen) atoms. The number of benzene rings is 3. The molecule has 0 spiro atoms. The predicted molar refractivity (Wildman–Crippen MR) is 142 cm³/mol. The lowest BCUT2D eigenvalue weighted by Gasteiger charge is -2.35. The van der Waals surface area contributed by atoms with Gasteiger partial charge in [-0.2, -0.15) is 0 Å². The largest absolute Gasteiger partial charge is 0.366 e. The normalized spacial score (nSPS) is 14.8. The van der Waals surface area contributed by atoms with E-state index in [2.05, 4.69) is 62.1 Å². The summed E-state index contributed by atoms with van der Waals surface area (Å²) in [7, 11) is 4.19. The van der Waals surface area contributed by atoms with Gasteiger partial charge in [-0.25, -0.2) is 0 Å². The van der Waals surface area contributed by atoms with Gasteiger partial charge in [0.15, 0.2) is 0 Å². The minimum atomic E-state index is -0.479. The fourth-order valence-electron chi connectivity index (χ4n) is 5.18. The molecule has 1 aliphatic rings. The minimum absolute atomic E-state index is 0.0545. The Bertz CT molecular complexity index is 1460. The van der Waals surface area contributed by atoms with Crippen LogP contribution < -0.4 is 5.73 Å². The van der Waals surface area contributed by atoms with E-state index >= 15 is 0 Å². The highest BCUT2D eigenvalue weighted by atomic mass is 16.2. The van der Waals surface area contributed by atoms with Crippen LogP contribution in [0.4, 0.5) is 0 Å². The van der Waals surface area contributed by atoms with Crippen LogP contribution in [0.3, 0.4) is 0 Å². The van der Waals surface area contributed by atoms with Gasteiger partial charge in [0, 0.05) is 41.0 Å². The number of nitrogens with one attached hydrogen (secondary N) is 1. The average molecular weight is 469 g/mol. The molecule has 0 saturated carbocycles. The molecule has 0 bridgehead atoms. The van der Waals surface area contributed by atoms with Crippen molar-refractivity contribution in [1.82, 2.24) is 14.8 Å². The Balaban J connectivity index is 1.58. The molecule has 1 fully saturated rings. The van der Waals surface area contributed by atoms with E-state index in [4.69, 9.17) is 5.73 Å². The van der Waals surface area contributed by atoms with Gasteiger partial charge in [-0.3, -0.25) is 9.59 Å². The molecule has 180 valence electrons. The molecule has 1 aromatic heterocycles. The molecule has 0 atom stereocenters. The number of aromatic nitrogens is 1. The fraction of sp³-hybridized carbons (Fsp3) is 0.310. The molecule has 3 aromatic carbocycles. The van der Waals surface area contributed by atoms with Crippen LogP contribution in [0.5, 0.6) is 0 Å². The summed E-state index contributed by atoms with van der Waals surface area (Å²) < 4.78 is 0. The van der Waals surface area contributed by atoms with Crippen molar-refractivity contribution in [3.63, 3.8) is 0 Å². The van der Waals surface area contributed by atoms with Gasteiger partial charge in [0.25, 0.3) is 11.8 Å². The first-order valence-electron chi connectivity index (χ1n) is 12.2. The molecular formula is C29H32N4O2. The van der Waals surface area contributed by atoms with E-state index in [9.17, 15) is 9.59 Å². The molecule has 0 radical (unpaired) electrons. The second-order valence-electron chi connectivity index (χ2n) is 9.98. The maximum absolute atomic E-state index is 13.3. The summed E-state index contributed by atoms with van der Waals surface area (Å²) in [6, 6.07) is 16.5. The molecule has 2 heterocycles. The minimum Gasteiger partial charge on any atom is -0.366 e. The smallest absolute Gasteiger partial charge is 0.253 e. The third-order valence-electron chi connectivity index (χ3n) is 7.54. The zero-order valence-electron chi connectivity index (χ0n) is 20.8. The summed E-state index contributed by atoms with van der Waals surface area (Å²) in [5.41, 5.74) is 12.8. The van der Waals surface area contributed by atoms with Crippen LogP contribution in [0, 0.1) is 13.8 Å². The highest BCUT2D eigenvalue weighted by Crippen LogP contribution is 2.34. The second kappa shape index (κ2) is 8.86. The van der Waals surface area contributed by atoms with Crippen molar-refractivity contribution >= 4 is 33.6 Å². The molecular weight excluding hydrogens is 436 g/mol. The standard InChI is InChI=1S/C29H32N4O2/c1-17-5-6-19(13-18(17)2)21-15-24-23-14-20(29(35)33-11-9-22(10-12-33)32(3)4)7-8-26(23)31-27(24)25(16-21)28(30)34/h5-8,13-16,22,31H,9-12H2,1-4H3,(H2,30,34). The lowest BCUT2D eigenvalue weighted by Crippen LogP contribution is -2.44. The van der Waals surface area contributed by atoms with Crippen LogP contribution in [0.1, 0.15) is 44.7 Å². The van der Waals surface area contributed by atoms with E-state index in [-0.39, 0.29) is 5.91 Å². The number of hydrogen-bond acceptors (Lipinski definition) is 3. The maximum Gasteiger partial charge on any atom is 0.253 e. The Hall–Kier alpha value is -3.64. The Morgan fingerprint density at radius 1 is 0.914 bits per heavy atom. The highest BCUT2D eigenvalue weighted by molar-refractivity contribution is 6.17. The molecule has 0 unspecified atom stereocenters. The van der Waals surface area contributed by atoms with Crippen molar-refractivity contribution in [2.24, 2.45) is 5.73 Å². The molecule has 3 N–H and O–H groups in total. The number of fused-ring (bicyclic) bond motifs is 3. The number of hydrogen-bond donors (Lipinski definition) is 2. The number of aryl methyl sites for hydroxylation is 2. The summed E-state index contributed by atoms with van der Waals surface area (Å²) >= 11 is 0. The monoisotopic (exact) mass is 468 g/mol. The van der Waals surface area contributed by atoms with Crippen molar-refractivity contribution in [2.75, 3.05) is 27.2 Å². The summed E-state index contributed by atoms with van der Waals surface area (Å²) in [4.78, 5) is 33.3. The topological polar surface area (TPSA) is 82.4 Å². The number of rotatable bonds is 4. The van der Waals surface area contributed by atoms with Gasteiger partial charge < -0.3 is 20.5 Å². The van der Waals surface area contributed by atoms with Gasteiger partial charge in [0.2, 0.25) is 0 Å². The number of piperidine rings is 1. The third kappa shape index (κ3) is 4.19. The van der Waals surface area contributed by atoms with Crippen LogP contribution >= 0.6 is 0 Å². The first-order chi connectivity index (χ1) is 16.7. The number of nitrogens with two attached hydrogens (primary N) is 1. The zero-order valence-corrected chi connectivity index (χ0v) is 20.8. The van der Waals surface area contributed by atoms with E-state index in [1.165, 1.54) is 11.1 Å². The molecule has 4 aromatic rings. The third-order valence-corrected chi connectivity index (χ3v) is 7.54. The van der Waals surface area contributed by atoms with E-state index in [1.54, 1.807) is 0 Å². The Morgan fingerprint density at radius 2 is 1.66 bits per heavy atom. The van der Waals surface area contributed by atoms with Crippen LogP contribution in [0.25, 0.3) is 32.9 Å². The number of amides is 2. The van der Waals surface area contributed by atoms with Crippen LogP contribution in [0.2, 0.25) is 0 Å². The first-order valence-corrected chi connectivity index (χ1v) is 12.2. The van der Waals surface area contributed by atoms with Gasteiger partial charge in [-0.15, -0.1) is 0 Å². The molecule has 2 amide bonds. The lowest BCUT2D eigenvalue weighted by molar-refractivity contribution is 0.0663. The Labute approximate surface area is 205 Å². The summed E-state index contributed by atoms with van der Waals surface area (Å²) in [5, 5.41) is 1.81. The van der Waals surface area contributed by atoms with E-state index in [1.807, 2.05) is 29.2 Å². The van der Waals surface area contributed by atoms with Crippen molar-refractivity contribution in [1.29, 1.82) is 0 Å². The number of nitrogens with zero attached hydrogens (tertiary/aromatic N) is 2. The number of carbonyl (C=O) groups is 2. The molecule has 1 saturated heterocycles. The predicted octanol–water partition coefficient (Wildman–Crippen LogP) is 4.87. The first kappa shape index (κ1) is 23.1. The van der Waals surface area contributed by atoms with Crippen LogP contribution in [-0.2, 0) is 0 Å². The average Bonchev–Trinajstić information content (AvgIpc) is 3.22. The summed E-state index contributed by atoms with van der Waals surface area (Å²) in [5.74, 6) is -0.425. The quantitative estimate of drug-likeness (QED) is 0.448. The number of carbonyl (C=O) groups excluding carboxylic acids is 2. The number of aromatic amines is 1. The van der Waals surface area contributed by atoms with Crippen molar-refractivity contribution in [3.05, 3.63) is 70.8 Å². The SMILES string of the molecule is Cc1ccc(-c2cc(C(N)=O)c3[nH]c4ccc(C(=O)N5CCC(N(C)C)CC5)cc4c3c2)cc1C. The lowest BCUT2D eigenvalue weighted by atomic mass is 9.96. The van der Waals surface area contributed by atoms with Gasteiger partial charge in [0.05, 0.1) is 11.1 Å². The van der Waals surface area contributed by atoms with Gasteiger partial charge >= 0.3 is 0 Å².